The monoisotopic (exact) mass is 248 g/mol. The standard InChI is InChI=1S/C14H17FN2O/c1-9-12(10(2)17(3)16-9)8-14(18)11-6-4-5-7-13(11)15/h4-7,14,18H,8H2,1-3H3. The molecule has 0 aliphatic carbocycles. The van der Waals surface area contributed by atoms with Gasteiger partial charge in [0.05, 0.1) is 11.8 Å². The van der Waals surface area contributed by atoms with Crippen LogP contribution in [0.5, 0.6) is 0 Å². The number of benzene rings is 1. The third kappa shape index (κ3) is 2.29. The van der Waals surface area contributed by atoms with E-state index in [1.54, 1.807) is 22.9 Å². The zero-order chi connectivity index (χ0) is 13.3. The maximum absolute atomic E-state index is 13.6. The first-order valence-corrected chi connectivity index (χ1v) is 5.92. The molecule has 1 atom stereocenters. The molecule has 96 valence electrons. The van der Waals surface area contributed by atoms with E-state index in [1.165, 1.54) is 6.07 Å². The number of aliphatic hydroxyl groups excluding tert-OH is 1. The summed E-state index contributed by atoms with van der Waals surface area (Å²) in [6, 6.07) is 6.32. The van der Waals surface area contributed by atoms with Gasteiger partial charge in [0.25, 0.3) is 0 Å². The highest BCUT2D eigenvalue weighted by Gasteiger charge is 2.17. The molecule has 0 bridgehead atoms. The van der Waals surface area contributed by atoms with Crippen molar-refractivity contribution < 1.29 is 9.50 Å². The maximum atomic E-state index is 13.6. The normalized spacial score (nSPS) is 12.7. The fourth-order valence-electron chi connectivity index (χ4n) is 2.16. The fraction of sp³-hybridized carbons (Fsp3) is 0.357. The molecular weight excluding hydrogens is 231 g/mol. The van der Waals surface area contributed by atoms with E-state index in [1.807, 2.05) is 20.9 Å². The van der Waals surface area contributed by atoms with Gasteiger partial charge in [0.2, 0.25) is 0 Å². The summed E-state index contributed by atoms with van der Waals surface area (Å²) < 4.78 is 15.3. The van der Waals surface area contributed by atoms with Crippen LogP contribution in [0.25, 0.3) is 0 Å². The molecule has 1 unspecified atom stereocenters. The Hall–Kier alpha value is -1.68. The van der Waals surface area contributed by atoms with Gasteiger partial charge in [-0.2, -0.15) is 5.10 Å². The Labute approximate surface area is 106 Å². The van der Waals surface area contributed by atoms with Crippen molar-refractivity contribution in [2.75, 3.05) is 0 Å². The van der Waals surface area contributed by atoms with E-state index in [9.17, 15) is 9.50 Å². The number of aromatic nitrogens is 2. The van der Waals surface area contributed by atoms with Gasteiger partial charge in [-0.3, -0.25) is 4.68 Å². The van der Waals surface area contributed by atoms with Crippen LogP contribution in [0.4, 0.5) is 4.39 Å². The minimum Gasteiger partial charge on any atom is -0.388 e. The van der Waals surface area contributed by atoms with E-state index in [2.05, 4.69) is 5.10 Å². The van der Waals surface area contributed by atoms with E-state index < -0.39 is 6.10 Å². The highest BCUT2D eigenvalue weighted by atomic mass is 19.1. The minimum absolute atomic E-state index is 0.333. The number of aliphatic hydroxyl groups is 1. The lowest BCUT2D eigenvalue weighted by molar-refractivity contribution is 0.173. The summed E-state index contributed by atoms with van der Waals surface area (Å²) in [5.41, 5.74) is 3.20. The van der Waals surface area contributed by atoms with Crippen LogP contribution in [0.1, 0.15) is 28.6 Å². The Bertz CT molecular complexity index is 563. The van der Waals surface area contributed by atoms with E-state index in [4.69, 9.17) is 0 Å². The third-order valence-corrected chi connectivity index (χ3v) is 3.32. The predicted octanol–water partition coefficient (Wildman–Crippen LogP) is 2.45. The molecule has 2 aromatic rings. The first kappa shape index (κ1) is 12.8. The fourth-order valence-corrected chi connectivity index (χ4v) is 2.16. The van der Waals surface area contributed by atoms with Crippen molar-refractivity contribution in [3.8, 4) is 0 Å². The lowest BCUT2D eigenvalue weighted by atomic mass is 10.00. The summed E-state index contributed by atoms with van der Waals surface area (Å²) in [5.74, 6) is -0.371. The van der Waals surface area contributed by atoms with Crippen LogP contribution >= 0.6 is 0 Å². The van der Waals surface area contributed by atoms with Crippen molar-refractivity contribution in [2.24, 2.45) is 7.05 Å². The van der Waals surface area contributed by atoms with Gasteiger partial charge in [0, 0.05) is 24.7 Å². The molecule has 1 N–H and O–H groups in total. The molecule has 1 aromatic heterocycles. The molecule has 0 amide bonds. The van der Waals surface area contributed by atoms with E-state index in [0.717, 1.165) is 17.0 Å². The van der Waals surface area contributed by atoms with Crippen LogP contribution in [0.15, 0.2) is 24.3 Å². The SMILES string of the molecule is Cc1nn(C)c(C)c1CC(O)c1ccccc1F. The van der Waals surface area contributed by atoms with Crippen LogP contribution in [-0.4, -0.2) is 14.9 Å². The summed E-state index contributed by atoms with van der Waals surface area (Å²) in [4.78, 5) is 0. The van der Waals surface area contributed by atoms with Crippen molar-refractivity contribution in [1.82, 2.24) is 9.78 Å². The Balaban J connectivity index is 2.27. The first-order valence-electron chi connectivity index (χ1n) is 5.92. The Morgan fingerprint density at radius 3 is 2.56 bits per heavy atom. The molecule has 1 heterocycles. The molecule has 0 spiro atoms. The molecule has 0 aliphatic heterocycles. The average Bonchev–Trinajstić information content (AvgIpc) is 2.56. The van der Waals surface area contributed by atoms with Gasteiger partial charge in [-0.25, -0.2) is 4.39 Å². The van der Waals surface area contributed by atoms with Crippen molar-refractivity contribution in [2.45, 2.75) is 26.4 Å². The lowest BCUT2D eigenvalue weighted by Crippen LogP contribution is -2.06. The number of rotatable bonds is 3. The second kappa shape index (κ2) is 4.90. The summed E-state index contributed by atoms with van der Waals surface area (Å²) in [6.07, 6.45) is -0.459. The van der Waals surface area contributed by atoms with Gasteiger partial charge in [-0.1, -0.05) is 18.2 Å². The quantitative estimate of drug-likeness (QED) is 0.906. The Morgan fingerprint density at radius 1 is 1.33 bits per heavy atom. The summed E-state index contributed by atoms with van der Waals surface area (Å²) >= 11 is 0. The molecule has 3 nitrogen and oxygen atoms in total. The van der Waals surface area contributed by atoms with Crippen LogP contribution in [0.2, 0.25) is 0 Å². The Kier molecular flexibility index (Phi) is 3.48. The van der Waals surface area contributed by atoms with Gasteiger partial charge >= 0.3 is 0 Å². The molecule has 1 aromatic carbocycles. The highest BCUT2D eigenvalue weighted by Crippen LogP contribution is 2.24. The molecule has 0 radical (unpaired) electrons. The molecule has 0 fully saturated rings. The number of nitrogens with zero attached hydrogens (tertiary/aromatic N) is 2. The smallest absolute Gasteiger partial charge is 0.129 e. The van der Waals surface area contributed by atoms with Gasteiger partial charge < -0.3 is 5.11 Å². The van der Waals surface area contributed by atoms with Gasteiger partial charge in [0.1, 0.15) is 5.82 Å². The van der Waals surface area contributed by atoms with Gasteiger partial charge in [0.15, 0.2) is 0 Å². The Morgan fingerprint density at radius 2 is 2.00 bits per heavy atom. The van der Waals surface area contributed by atoms with Crippen molar-refractivity contribution in [3.63, 3.8) is 0 Å². The zero-order valence-corrected chi connectivity index (χ0v) is 10.8. The van der Waals surface area contributed by atoms with E-state index in [-0.39, 0.29) is 5.82 Å². The van der Waals surface area contributed by atoms with Crippen LogP contribution in [-0.2, 0) is 13.5 Å². The maximum Gasteiger partial charge on any atom is 0.129 e. The lowest BCUT2D eigenvalue weighted by Gasteiger charge is -2.12. The molecular formula is C14H17FN2O. The van der Waals surface area contributed by atoms with Crippen LogP contribution in [0, 0.1) is 19.7 Å². The van der Waals surface area contributed by atoms with Crippen molar-refractivity contribution in [3.05, 3.63) is 52.6 Å². The second-order valence-electron chi connectivity index (χ2n) is 4.51. The molecule has 2 rings (SSSR count). The van der Waals surface area contributed by atoms with Crippen molar-refractivity contribution >= 4 is 0 Å². The highest BCUT2D eigenvalue weighted by molar-refractivity contribution is 5.28. The second-order valence-corrected chi connectivity index (χ2v) is 4.51. The minimum atomic E-state index is -0.840. The predicted molar refractivity (Wildman–Crippen MR) is 67.7 cm³/mol. The van der Waals surface area contributed by atoms with Gasteiger partial charge in [-0.05, 0) is 25.5 Å². The number of hydrogen-bond donors (Lipinski definition) is 1. The van der Waals surface area contributed by atoms with Gasteiger partial charge in [-0.15, -0.1) is 0 Å². The molecule has 0 saturated heterocycles. The number of halogens is 1. The average molecular weight is 248 g/mol. The molecule has 0 saturated carbocycles. The third-order valence-electron chi connectivity index (χ3n) is 3.32. The molecule has 18 heavy (non-hydrogen) atoms. The van der Waals surface area contributed by atoms with Crippen molar-refractivity contribution in [1.29, 1.82) is 0 Å². The summed E-state index contributed by atoms with van der Waals surface area (Å²) in [6.45, 7) is 3.85. The molecule has 4 heteroatoms. The van der Waals surface area contributed by atoms with E-state index >= 15 is 0 Å². The van der Waals surface area contributed by atoms with E-state index in [0.29, 0.717) is 12.0 Å². The zero-order valence-electron chi connectivity index (χ0n) is 10.8. The number of hydrogen-bond acceptors (Lipinski definition) is 2. The largest absolute Gasteiger partial charge is 0.388 e. The van der Waals surface area contributed by atoms with Crippen LogP contribution in [0.3, 0.4) is 0 Å². The summed E-state index contributed by atoms with van der Waals surface area (Å²) in [5, 5.41) is 14.4. The molecule has 0 aliphatic rings. The summed E-state index contributed by atoms with van der Waals surface area (Å²) in [7, 11) is 1.86. The van der Waals surface area contributed by atoms with Crippen LogP contribution < -0.4 is 0 Å². The topological polar surface area (TPSA) is 38.0 Å². The first-order chi connectivity index (χ1) is 8.50. The number of aryl methyl sites for hydroxylation is 2.